The molecule has 1 aromatic rings. The Kier molecular flexibility index (Phi) is 4.55. The van der Waals surface area contributed by atoms with Gasteiger partial charge in [-0.05, 0) is 28.4 Å². The number of nitro groups is 1. The van der Waals surface area contributed by atoms with Gasteiger partial charge in [0.05, 0.1) is 22.1 Å². The van der Waals surface area contributed by atoms with Crippen LogP contribution >= 0.6 is 15.9 Å². The second-order valence-electron chi connectivity index (χ2n) is 3.07. The molecule has 0 aliphatic carbocycles. The third kappa shape index (κ3) is 3.51. The van der Waals surface area contributed by atoms with Gasteiger partial charge >= 0.3 is 0 Å². The summed E-state index contributed by atoms with van der Waals surface area (Å²) in [5.41, 5.74) is 0.0460. The van der Waals surface area contributed by atoms with Crippen LogP contribution in [0.15, 0.2) is 22.7 Å². The molecule has 0 amide bonds. The van der Waals surface area contributed by atoms with Crippen LogP contribution in [0.5, 0.6) is 5.75 Å². The Morgan fingerprint density at radius 2 is 2.27 bits per heavy atom. The zero-order valence-electron chi connectivity index (χ0n) is 8.40. The molecule has 0 saturated carbocycles. The van der Waals surface area contributed by atoms with Gasteiger partial charge in [0.2, 0.25) is 0 Å². The Balaban J connectivity index is 2.76. The van der Waals surface area contributed by atoms with Crippen LogP contribution in [-0.2, 0) is 0 Å². The standard InChI is InChI=1S/C10H12BrNO3/c1-2-3-6-15-10-7-8(12(13)14)4-5-9(10)11/h4-5,7H,2-3,6H2,1H3. The van der Waals surface area contributed by atoms with E-state index >= 15 is 0 Å². The molecule has 0 aliphatic rings. The highest BCUT2D eigenvalue weighted by Crippen LogP contribution is 2.29. The summed E-state index contributed by atoms with van der Waals surface area (Å²) < 4.78 is 6.16. The molecule has 0 bridgehead atoms. The van der Waals surface area contributed by atoms with Crippen LogP contribution in [0.1, 0.15) is 19.8 Å². The van der Waals surface area contributed by atoms with Gasteiger partial charge in [-0.2, -0.15) is 0 Å². The highest BCUT2D eigenvalue weighted by Gasteiger charge is 2.09. The maximum atomic E-state index is 10.5. The van der Waals surface area contributed by atoms with E-state index in [1.807, 2.05) is 0 Å². The highest BCUT2D eigenvalue weighted by molar-refractivity contribution is 9.10. The number of ether oxygens (including phenoxy) is 1. The molecule has 0 heterocycles. The van der Waals surface area contributed by atoms with Crippen molar-refractivity contribution in [2.24, 2.45) is 0 Å². The minimum atomic E-state index is -0.431. The summed E-state index contributed by atoms with van der Waals surface area (Å²) in [6, 6.07) is 4.50. The van der Waals surface area contributed by atoms with E-state index in [0.717, 1.165) is 17.3 Å². The van der Waals surface area contributed by atoms with E-state index in [2.05, 4.69) is 22.9 Å². The van der Waals surface area contributed by atoms with Crippen molar-refractivity contribution in [3.8, 4) is 5.75 Å². The molecule has 0 unspecified atom stereocenters. The summed E-state index contributed by atoms with van der Waals surface area (Å²) in [6.45, 7) is 2.64. The Bertz CT molecular complexity index is 355. The third-order valence-electron chi connectivity index (χ3n) is 1.88. The first-order valence-electron chi connectivity index (χ1n) is 4.72. The van der Waals surface area contributed by atoms with Gasteiger partial charge in [-0.25, -0.2) is 0 Å². The van der Waals surface area contributed by atoms with E-state index in [4.69, 9.17) is 4.74 Å². The molecule has 1 rings (SSSR count). The average Bonchev–Trinajstić information content (AvgIpc) is 2.20. The van der Waals surface area contributed by atoms with E-state index in [0.29, 0.717) is 12.4 Å². The maximum Gasteiger partial charge on any atom is 0.273 e. The van der Waals surface area contributed by atoms with Gasteiger partial charge in [-0.3, -0.25) is 10.1 Å². The van der Waals surface area contributed by atoms with Crippen LogP contribution in [0.3, 0.4) is 0 Å². The summed E-state index contributed by atoms with van der Waals surface area (Å²) >= 11 is 3.28. The van der Waals surface area contributed by atoms with Crippen LogP contribution in [0.2, 0.25) is 0 Å². The molecule has 0 N–H and O–H groups in total. The Hall–Kier alpha value is -1.10. The number of rotatable bonds is 5. The fourth-order valence-corrected chi connectivity index (χ4v) is 1.40. The second kappa shape index (κ2) is 5.70. The lowest BCUT2D eigenvalue weighted by molar-refractivity contribution is -0.385. The summed E-state index contributed by atoms with van der Waals surface area (Å²) in [5, 5.41) is 10.5. The van der Waals surface area contributed by atoms with Crippen molar-refractivity contribution in [2.75, 3.05) is 6.61 Å². The van der Waals surface area contributed by atoms with Crippen molar-refractivity contribution >= 4 is 21.6 Å². The van der Waals surface area contributed by atoms with E-state index in [-0.39, 0.29) is 5.69 Å². The molecule has 0 aromatic heterocycles. The highest BCUT2D eigenvalue weighted by atomic mass is 79.9. The van der Waals surface area contributed by atoms with Crippen molar-refractivity contribution in [1.82, 2.24) is 0 Å². The lowest BCUT2D eigenvalue weighted by Gasteiger charge is -2.06. The first-order valence-corrected chi connectivity index (χ1v) is 5.51. The van der Waals surface area contributed by atoms with Crippen molar-refractivity contribution in [2.45, 2.75) is 19.8 Å². The molecule has 0 radical (unpaired) electrons. The van der Waals surface area contributed by atoms with E-state index in [1.165, 1.54) is 12.1 Å². The van der Waals surface area contributed by atoms with E-state index in [9.17, 15) is 10.1 Å². The first-order chi connectivity index (χ1) is 7.15. The van der Waals surface area contributed by atoms with E-state index in [1.54, 1.807) is 6.07 Å². The minimum Gasteiger partial charge on any atom is -0.492 e. The lowest BCUT2D eigenvalue weighted by Crippen LogP contribution is -1.98. The summed E-state index contributed by atoms with van der Waals surface area (Å²) in [6.07, 6.45) is 1.97. The smallest absolute Gasteiger partial charge is 0.273 e. The van der Waals surface area contributed by atoms with Gasteiger partial charge in [0, 0.05) is 6.07 Å². The fraction of sp³-hybridized carbons (Fsp3) is 0.400. The summed E-state index contributed by atoms with van der Waals surface area (Å²) in [5.74, 6) is 0.526. The molecular weight excluding hydrogens is 262 g/mol. The Morgan fingerprint density at radius 1 is 1.53 bits per heavy atom. The third-order valence-corrected chi connectivity index (χ3v) is 2.54. The second-order valence-corrected chi connectivity index (χ2v) is 3.93. The minimum absolute atomic E-state index is 0.0460. The zero-order valence-corrected chi connectivity index (χ0v) is 9.99. The number of hydrogen-bond donors (Lipinski definition) is 0. The summed E-state index contributed by atoms with van der Waals surface area (Å²) in [7, 11) is 0. The lowest BCUT2D eigenvalue weighted by atomic mass is 10.3. The van der Waals surface area contributed by atoms with Gasteiger partial charge in [-0.1, -0.05) is 13.3 Å². The molecule has 15 heavy (non-hydrogen) atoms. The molecule has 82 valence electrons. The monoisotopic (exact) mass is 273 g/mol. The molecule has 0 fully saturated rings. The normalized spacial score (nSPS) is 10.0. The number of halogens is 1. The Labute approximate surface area is 96.5 Å². The van der Waals surface area contributed by atoms with Crippen LogP contribution in [0, 0.1) is 10.1 Å². The molecular formula is C10H12BrNO3. The van der Waals surface area contributed by atoms with Gasteiger partial charge in [-0.15, -0.1) is 0 Å². The van der Waals surface area contributed by atoms with Crippen molar-refractivity contribution in [3.05, 3.63) is 32.8 Å². The Morgan fingerprint density at radius 3 is 2.87 bits per heavy atom. The maximum absolute atomic E-state index is 10.5. The predicted molar refractivity (Wildman–Crippen MR) is 61.2 cm³/mol. The molecule has 0 saturated heterocycles. The van der Waals surface area contributed by atoms with Crippen LogP contribution in [0.4, 0.5) is 5.69 Å². The van der Waals surface area contributed by atoms with Gasteiger partial charge in [0.25, 0.3) is 5.69 Å². The molecule has 1 aromatic carbocycles. The average molecular weight is 274 g/mol. The number of hydrogen-bond acceptors (Lipinski definition) is 3. The molecule has 4 nitrogen and oxygen atoms in total. The number of non-ortho nitro benzene ring substituents is 1. The molecule has 0 spiro atoms. The number of nitro benzene ring substituents is 1. The van der Waals surface area contributed by atoms with E-state index < -0.39 is 4.92 Å². The quantitative estimate of drug-likeness (QED) is 0.469. The molecule has 5 heteroatoms. The largest absolute Gasteiger partial charge is 0.492 e. The number of unbranched alkanes of at least 4 members (excludes halogenated alkanes) is 1. The van der Waals surface area contributed by atoms with Gasteiger partial charge < -0.3 is 4.74 Å². The first kappa shape index (κ1) is 12.0. The SMILES string of the molecule is CCCCOc1cc([N+](=O)[O-])ccc1Br. The molecule has 0 atom stereocenters. The van der Waals surface area contributed by atoms with Crippen molar-refractivity contribution < 1.29 is 9.66 Å². The van der Waals surface area contributed by atoms with Crippen molar-refractivity contribution in [3.63, 3.8) is 0 Å². The van der Waals surface area contributed by atoms with Crippen LogP contribution in [0.25, 0.3) is 0 Å². The predicted octanol–water partition coefficient (Wildman–Crippen LogP) is 3.54. The van der Waals surface area contributed by atoms with Gasteiger partial charge in [0.15, 0.2) is 0 Å². The topological polar surface area (TPSA) is 52.4 Å². The number of benzene rings is 1. The molecule has 0 aliphatic heterocycles. The summed E-state index contributed by atoms with van der Waals surface area (Å²) in [4.78, 5) is 10.1. The van der Waals surface area contributed by atoms with Crippen molar-refractivity contribution in [1.29, 1.82) is 0 Å². The van der Waals surface area contributed by atoms with Crippen LogP contribution < -0.4 is 4.74 Å². The number of nitrogens with zero attached hydrogens (tertiary/aromatic N) is 1. The fourth-order valence-electron chi connectivity index (χ4n) is 1.04. The zero-order chi connectivity index (χ0) is 11.3. The van der Waals surface area contributed by atoms with Gasteiger partial charge in [0.1, 0.15) is 5.75 Å². The van der Waals surface area contributed by atoms with Crippen LogP contribution in [-0.4, -0.2) is 11.5 Å².